The molecule has 0 bridgehead atoms. The Hall–Kier alpha value is 0.230. The molecule has 1 saturated heterocycles. The van der Waals surface area contributed by atoms with E-state index in [0.29, 0.717) is 5.88 Å². The summed E-state index contributed by atoms with van der Waals surface area (Å²) in [5.41, 5.74) is 1.03. The lowest BCUT2D eigenvalue weighted by atomic mass is 10.2. The lowest BCUT2D eigenvalue weighted by molar-refractivity contribution is 0.289. The van der Waals surface area contributed by atoms with Crippen molar-refractivity contribution in [3.8, 4) is 0 Å². The molecule has 2 heterocycles. The van der Waals surface area contributed by atoms with Gasteiger partial charge in [0.05, 0.1) is 16.6 Å². The second-order valence-corrected chi connectivity index (χ2v) is 7.07. The standard InChI is InChI=1S/C13H21ClN2S2/c14-10-12-11-18-13(15-12)4-1-2-5-16-6-3-8-17-9-7-16/h11H,1-10H2. The molecule has 1 aliphatic rings. The maximum atomic E-state index is 5.75. The number of thiazole rings is 1. The molecule has 1 aromatic rings. The summed E-state index contributed by atoms with van der Waals surface area (Å²) in [5.74, 6) is 3.20. The zero-order chi connectivity index (χ0) is 12.6. The van der Waals surface area contributed by atoms with Crippen LogP contribution < -0.4 is 0 Å². The number of hydrogen-bond acceptors (Lipinski definition) is 4. The summed E-state index contributed by atoms with van der Waals surface area (Å²) in [6, 6.07) is 0. The summed E-state index contributed by atoms with van der Waals surface area (Å²) < 4.78 is 0. The molecule has 0 atom stereocenters. The van der Waals surface area contributed by atoms with Crippen LogP contribution in [0, 0.1) is 0 Å². The predicted molar refractivity (Wildman–Crippen MR) is 83.0 cm³/mol. The summed E-state index contributed by atoms with van der Waals surface area (Å²) in [6.07, 6.45) is 5.01. The van der Waals surface area contributed by atoms with Gasteiger partial charge in [-0.2, -0.15) is 11.8 Å². The molecule has 0 saturated carbocycles. The molecular weight excluding hydrogens is 284 g/mol. The van der Waals surface area contributed by atoms with Crippen LogP contribution in [0.3, 0.4) is 0 Å². The molecule has 0 amide bonds. The van der Waals surface area contributed by atoms with Crippen LogP contribution in [-0.2, 0) is 12.3 Å². The SMILES string of the molecule is ClCc1csc(CCCCN2CCCSCC2)n1. The number of nitrogens with zero attached hydrogens (tertiary/aromatic N) is 2. The third kappa shape index (κ3) is 5.08. The van der Waals surface area contributed by atoms with Gasteiger partial charge in [0, 0.05) is 17.7 Å². The molecule has 0 aromatic carbocycles. The average Bonchev–Trinajstić information content (AvgIpc) is 2.70. The monoisotopic (exact) mass is 304 g/mol. The first-order valence-electron chi connectivity index (χ1n) is 6.68. The molecule has 1 fully saturated rings. The van der Waals surface area contributed by atoms with Gasteiger partial charge in [0.1, 0.15) is 0 Å². The van der Waals surface area contributed by atoms with E-state index in [4.69, 9.17) is 11.6 Å². The Morgan fingerprint density at radius 2 is 2.22 bits per heavy atom. The minimum absolute atomic E-state index is 0.544. The number of rotatable bonds is 6. The van der Waals surface area contributed by atoms with E-state index in [2.05, 4.69) is 27.0 Å². The Kier molecular flexibility index (Phi) is 6.84. The van der Waals surface area contributed by atoms with Gasteiger partial charge >= 0.3 is 0 Å². The van der Waals surface area contributed by atoms with Crippen molar-refractivity contribution in [3.05, 3.63) is 16.1 Å². The van der Waals surface area contributed by atoms with E-state index in [1.165, 1.54) is 55.4 Å². The number of unbranched alkanes of at least 4 members (excludes halogenated alkanes) is 1. The smallest absolute Gasteiger partial charge is 0.0928 e. The van der Waals surface area contributed by atoms with Crippen molar-refractivity contribution in [3.63, 3.8) is 0 Å². The summed E-state index contributed by atoms with van der Waals surface area (Å²) in [5, 5.41) is 3.33. The van der Waals surface area contributed by atoms with E-state index in [-0.39, 0.29) is 0 Å². The zero-order valence-electron chi connectivity index (χ0n) is 10.7. The van der Waals surface area contributed by atoms with Gasteiger partial charge in [-0.15, -0.1) is 22.9 Å². The van der Waals surface area contributed by atoms with Crippen LogP contribution in [0.2, 0.25) is 0 Å². The Bertz CT molecular complexity index is 335. The molecule has 0 N–H and O–H groups in total. The molecule has 0 radical (unpaired) electrons. The van der Waals surface area contributed by atoms with Crippen molar-refractivity contribution in [2.24, 2.45) is 0 Å². The number of thioether (sulfide) groups is 1. The fraction of sp³-hybridized carbons (Fsp3) is 0.769. The molecular formula is C13H21ClN2S2. The first kappa shape index (κ1) is 14.6. The predicted octanol–water partition coefficient (Wildman–Crippen LogP) is 3.64. The highest BCUT2D eigenvalue weighted by Gasteiger charge is 2.08. The van der Waals surface area contributed by atoms with Gasteiger partial charge < -0.3 is 4.90 Å². The van der Waals surface area contributed by atoms with Crippen LogP contribution in [0.25, 0.3) is 0 Å². The third-order valence-electron chi connectivity index (χ3n) is 3.17. The van der Waals surface area contributed by atoms with Crippen molar-refractivity contribution in [1.82, 2.24) is 9.88 Å². The first-order chi connectivity index (χ1) is 8.88. The number of alkyl halides is 1. The normalized spacial score (nSPS) is 17.8. The molecule has 0 aliphatic carbocycles. The van der Waals surface area contributed by atoms with Crippen molar-refractivity contribution in [1.29, 1.82) is 0 Å². The van der Waals surface area contributed by atoms with Crippen LogP contribution in [0.1, 0.15) is 30.0 Å². The molecule has 2 rings (SSSR count). The summed E-state index contributed by atoms with van der Waals surface area (Å²) in [6.45, 7) is 3.83. The molecule has 1 aromatic heterocycles. The minimum atomic E-state index is 0.544. The molecule has 1 aliphatic heterocycles. The highest BCUT2D eigenvalue weighted by molar-refractivity contribution is 7.99. The van der Waals surface area contributed by atoms with E-state index >= 15 is 0 Å². The van der Waals surface area contributed by atoms with Crippen molar-refractivity contribution < 1.29 is 0 Å². The van der Waals surface area contributed by atoms with Crippen LogP contribution in [-0.4, -0.2) is 41.0 Å². The summed E-state index contributed by atoms with van der Waals surface area (Å²) in [7, 11) is 0. The highest BCUT2D eigenvalue weighted by atomic mass is 35.5. The molecule has 102 valence electrons. The first-order valence-corrected chi connectivity index (χ1v) is 9.24. The second-order valence-electron chi connectivity index (χ2n) is 4.63. The van der Waals surface area contributed by atoms with E-state index in [9.17, 15) is 0 Å². The third-order valence-corrected chi connectivity index (χ3v) is 5.45. The van der Waals surface area contributed by atoms with E-state index in [1.807, 2.05) is 0 Å². The van der Waals surface area contributed by atoms with Gasteiger partial charge in [0.25, 0.3) is 0 Å². The van der Waals surface area contributed by atoms with Crippen molar-refractivity contribution in [2.45, 2.75) is 31.6 Å². The molecule has 2 nitrogen and oxygen atoms in total. The van der Waals surface area contributed by atoms with Crippen LogP contribution in [0.4, 0.5) is 0 Å². The highest BCUT2D eigenvalue weighted by Crippen LogP contribution is 2.15. The summed E-state index contributed by atoms with van der Waals surface area (Å²) in [4.78, 5) is 7.11. The van der Waals surface area contributed by atoms with Gasteiger partial charge in [-0.1, -0.05) is 0 Å². The quantitative estimate of drug-likeness (QED) is 0.589. The second kappa shape index (κ2) is 8.41. The average molecular weight is 305 g/mol. The molecule has 5 heteroatoms. The Morgan fingerprint density at radius 3 is 3.06 bits per heavy atom. The van der Waals surface area contributed by atoms with Gasteiger partial charge in [-0.25, -0.2) is 4.98 Å². The topological polar surface area (TPSA) is 16.1 Å². The van der Waals surface area contributed by atoms with E-state index < -0.39 is 0 Å². The maximum Gasteiger partial charge on any atom is 0.0928 e. The maximum absolute atomic E-state index is 5.75. The lowest BCUT2D eigenvalue weighted by Gasteiger charge is -2.18. The Morgan fingerprint density at radius 1 is 1.28 bits per heavy atom. The van der Waals surface area contributed by atoms with E-state index in [1.54, 1.807) is 11.3 Å². The van der Waals surface area contributed by atoms with Crippen LogP contribution in [0.15, 0.2) is 5.38 Å². The Balaban J connectivity index is 1.60. The fourth-order valence-corrected chi connectivity index (χ4v) is 4.15. The molecule has 0 spiro atoms. The van der Waals surface area contributed by atoms with Gasteiger partial charge in [-0.3, -0.25) is 0 Å². The van der Waals surface area contributed by atoms with Gasteiger partial charge in [-0.05, 0) is 44.5 Å². The van der Waals surface area contributed by atoms with Crippen molar-refractivity contribution in [2.75, 3.05) is 31.1 Å². The largest absolute Gasteiger partial charge is 0.302 e. The molecule has 0 unspecified atom stereocenters. The lowest BCUT2D eigenvalue weighted by Crippen LogP contribution is -2.27. The van der Waals surface area contributed by atoms with Gasteiger partial charge in [0.2, 0.25) is 0 Å². The summed E-state index contributed by atoms with van der Waals surface area (Å²) >= 11 is 9.60. The number of aryl methyl sites for hydroxylation is 1. The van der Waals surface area contributed by atoms with Gasteiger partial charge in [0.15, 0.2) is 0 Å². The number of aromatic nitrogens is 1. The molecule has 18 heavy (non-hydrogen) atoms. The van der Waals surface area contributed by atoms with E-state index in [0.717, 1.165) is 12.1 Å². The number of hydrogen-bond donors (Lipinski definition) is 0. The zero-order valence-corrected chi connectivity index (χ0v) is 13.1. The fourth-order valence-electron chi connectivity index (χ4n) is 2.16. The van der Waals surface area contributed by atoms with Crippen molar-refractivity contribution >= 4 is 34.7 Å². The Labute approximate surface area is 123 Å². The van der Waals surface area contributed by atoms with Crippen LogP contribution >= 0.6 is 34.7 Å². The minimum Gasteiger partial charge on any atom is -0.302 e. The number of halogens is 1. The van der Waals surface area contributed by atoms with Crippen LogP contribution in [0.5, 0.6) is 0 Å².